The van der Waals surface area contributed by atoms with E-state index in [0.29, 0.717) is 6.04 Å². The van der Waals surface area contributed by atoms with Crippen LogP contribution in [0, 0.1) is 0 Å². The van der Waals surface area contributed by atoms with E-state index in [9.17, 15) is 0 Å². The number of likely N-dealkylation sites (tertiary alicyclic amines) is 1. The van der Waals surface area contributed by atoms with Gasteiger partial charge in [-0.25, -0.2) is 0 Å². The molecule has 0 bridgehead atoms. The van der Waals surface area contributed by atoms with E-state index >= 15 is 0 Å². The molecule has 1 saturated carbocycles. The fourth-order valence-electron chi connectivity index (χ4n) is 3.31. The van der Waals surface area contributed by atoms with Crippen LogP contribution in [-0.2, 0) is 6.42 Å². The molecule has 20 heavy (non-hydrogen) atoms. The van der Waals surface area contributed by atoms with E-state index in [1.54, 1.807) is 0 Å². The number of hydrogen-bond acceptors (Lipinski definition) is 2. The van der Waals surface area contributed by atoms with E-state index in [0.717, 1.165) is 23.0 Å². The number of nitrogens with one attached hydrogen (secondary N) is 1. The fraction of sp³-hybridized carbons (Fsp3) is 0.647. The highest BCUT2D eigenvalue weighted by Crippen LogP contribution is 2.29. The molecule has 1 heterocycles. The van der Waals surface area contributed by atoms with E-state index < -0.39 is 0 Å². The van der Waals surface area contributed by atoms with Crippen LogP contribution in [0.5, 0.6) is 0 Å². The second-order valence-corrected chi connectivity index (χ2v) is 7.36. The number of benzene rings is 1. The molecule has 1 aliphatic heterocycles. The Morgan fingerprint density at radius 2 is 1.80 bits per heavy atom. The lowest BCUT2D eigenvalue weighted by molar-refractivity contribution is 0.184. The maximum absolute atomic E-state index is 3.82. The quantitative estimate of drug-likeness (QED) is 0.883. The zero-order valence-corrected chi connectivity index (χ0v) is 13.9. The topological polar surface area (TPSA) is 15.3 Å². The van der Waals surface area contributed by atoms with Crippen molar-refractivity contribution in [3.8, 4) is 0 Å². The van der Waals surface area contributed by atoms with Crippen molar-refractivity contribution in [3.05, 3.63) is 34.3 Å². The maximum atomic E-state index is 3.82. The zero-order valence-electron chi connectivity index (χ0n) is 12.3. The molecule has 0 amide bonds. The Balaban J connectivity index is 1.42. The Morgan fingerprint density at radius 1 is 1.15 bits per heavy atom. The van der Waals surface area contributed by atoms with Gasteiger partial charge in [0.2, 0.25) is 0 Å². The van der Waals surface area contributed by atoms with E-state index in [-0.39, 0.29) is 0 Å². The summed E-state index contributed by atoms with van der Waals surface area (Å²) in [6.07, 6.45) is 6.65. The third-order valence-corrected chi connectivity index (χ3v) is 5.10. The van der Waals surface area contributed by atoms with Crippen LogP contribution in [0.1, 0.15) is 38.2 Å². The lowest BCUT2D eigenvalue weighted by atomic mass is 10.0. The monoisotopic (exact) mass is 336 g/mol. The highest BCUT2D eigenvalue weighted by atomic mass is 79.9. The number of rotatable bonds is 5. The summed E-state index contributed by atoms with van der Waals surface area (Å²) in [6.45, 7) is 4.91. The van der Waals surface area contributed by atoms with Crippen LogP contribution in [-0.4, -0.2) is 36.1 Å². The molecule has 1 aromatic carbocycles. The molecule has 1 N–H and O–H groups in total. The molecule has 0 aromatic heterocycles. The Morgan fingerprint density at radius 3 is 2.40 bits per heavy atom. The number of nitrogens with zero attached hydrogens (tertiary/aromatic N) is 1. The van der Waals surface area contributed by atoms with Gasteiger partial charge in [0.1, 0.15) is 0 Å². The van der Waals surface area contributed by atoms with Crippen LogP contribution in [0.4, 0.5) is 0 Å². The van der Waals surface area contributed by atoms with E-state index in [1.165, 1.54) is 44.3 Å². The highest BCUT2D eigenvalue weighted by Gasteiger charge is 2.31. The molecule has 3 heteroatoms. The van der Waals surface area contributed by atoms with Gasteiger partial charge in [0.05, 0.1) is 0 Å². The van der Waals surface area contributed by atoms with Crippen LogP contribution in [0.25, 0.3) is 0 Å². The fourth-order valence-corrected chi connectivity index (χ4v) is 3.57. The highest BCUT2D eigenvalue weighted by molar-refractivity contribution is 9.10. The molecule has 1 aromatic rings. The first-order chi connectivity index (χ1) is 9.70. The van der Waals surface area contributed by atoms with Gasteiger partial charge in [-0.15, -0.1) is 0 Å². The number of piperidine rings is 1. The summed E-state index contributed by atoms with van der Waals surface area (Å²) in [6, 6.07) is 10.9. The van der Waals surface area contributed by atoms with Gasteiger partial charge in [0, 0.05) is 22.6 Å². The van der Waals surface area contributed by atoms with E-state index in [4.69, 9.17) is 0 Å². The van der Waals surface area contributed by atoms with Crippen LogP contribution < -0.4 is 5.32 Å². The summed E-state index contributed by atoms with van der Waals surface area (Å²) < 4.78 is 1.16. The second kappa shape index (κ2) is 6.59. The smallest absolute Gasteiger partial charge is 0.0175 e. The molecule has 1 unspecified atom stereocenters. The minimum atomic E-state index is 0.564. The molecule has 110 valence electrons. The van der Waals surface area contributed by atoms with E-state index in [2.05, 4.69) is 57.3 Å². The maximum Gasteiger partial charge on any atom is 0.0175 e. The first-order valence-electron chi connectivity index (χ1n) is 7.95. The molecule has 1 atom stereocenters. The van der Waals surface area contributed by atoms with Crippen molar-refractivity contribution in [2.75, 3.05) is 13.1 Å². The largest absolute Gasteiger partial charge is 0.311 e. The minimum Gasteiger partial charge on any atom is -0.311 e. The summed E-state index contributed by atoms with van der Waals surface area (Å²) >= 11 is 3.49. The summed E-state index contributed by atoms with van der Waals surface area (Å²) in [7, 11) is 0. The third kappa shape index (κ3) is 4.06. The van der Waals surface area contributed by atoms with Crippen molar-refractivity contribution in [3.63, 3.8) is 0 Å². The van der Waals surface area contributed by atoms with Gasteiger partial charge in [-0.05, 0) is 69.8 Å². The predicted molar refractivity (Wildman–Crippen MR) is 88.1 cm³/mol. The van der Waals surface area contributed by atoms with Crippen LogP contribution in [0.3, 0.4) is 0 Å². The molecule has 1 saturated heterocycles. The average molecular weight is 337 g/mol. The summed E-state index contributed by atoms with van der Waals surface area (Å²) in [5, 5.41) is 3.82. The lowest BCUT2D eigenvalue weighted by Gasteiger charge is -2.34. The van der Waals surface area contributed by atoms with Gasteiger partial charge < -0.3 is 10.2 Å². The van der Waals surface area contributed by atoms with Crippen molar-refractivity contribution < 1.29 is 0 Å². The first kappa shape index (κ1) is 14.6. The van der Waals surface area contributed by atoms with E-state index in [1.807, 2.05) is 0 Å². The summed E-state index contributed by atoms with van der Waals surface area (Å²) in [5.41, 5.74) is 1.42. The van der Waals surface area contributed by atoms with Gasteiger partial charge in [-0.1, -0.05) is 28.1 Å². The zero-order chi connectivity index (χ0) is 13.9. The SMILES string of the molecule is CC(Cc1ccc(Br)cc1)NC1CCN(C2CC2)CC1. The molecule has 2 fully saturated rings. The Kier molecular flexibility index (Phi) is 4.79. The minimum absolute atomic E-state index is 0.564. The van der Waals surface area contributed by atoms with Crippen molar-refractivity contribution >= 4 is 15.9 Å². The molecule has 2 aliphatic rings. The normalized spacial score (nSPS) is 22.9. The number of halogens is 1. The average Bonchev–Trinajstić information content (AvgIpc) is 3.27. The standard InChI is InChI=1S/C17H25BrN2/c1-13(12-14-2-4-15(18)5-3-14)19-16-8-10-20(11-9-16)17-6-7-17/h2-5,13,16-17,19H,6-12H2,1H3. The van der Waals surface area contributed by atoms with Crippen molar-refractivity contribution in [2.45, 2.75) is 57.2 Å². The van der Waals surface area contributed by atoms with Crippen molar-refractivity contribution in [1.29, 1.82) is 0 Å². The predicted octanol–water partition coefficient (Wildman–Crippen LogP) is 3.60. The summed E-state index contributed by atoms with van der Waals surface area (Å²) in [5.74, 6) is 0. The molecule has 3 rings (SSSR count). The van der Waals surface area contributed by atoms with Gasteiger partial charge in [-0.2, -0.15) is 0 Å². The van der Waals surface area contributed by atoms with Gasteiger partial charge in [-0.3, -0.25) is 0 Å². The van der Waals surface area contributed by atoms with Gasteiger partial charge in [0.25, 0.3) is 0 Å². The Bertz CT molecular complexity index is 419. The Labute approximate surface area is 131 Å². The van der Waals surface area contributed by atoms with Crippen molar-refractivity contribution in [1.82, 2.24) is 10.2 Å². The second-order valence-electron chi connectivity index (χ2n) is 6.44. The molecular weight excluding hydrogens is 312 g/mol. The molecular formula is C17H25BrN2. The lowest BCUT2D eigenvalue weighted by Crippen LogP contribution is -2.46. The van der Waals surface area contributed by atoms with Gasteiger partial charge >= 0.3 is 0 Å². The van der Waals surface area contributed by atoms with Gasteiger partial charge in [0.15, 0.2) is 0 Å². The van der Waals surface area contributed by atoms with Crippen molar-refractivity contribution in [2.24, 2.45) is 0 Å². The van der Waals surface area contributed by atoms with Crippen LogP contribution >= 0.6 is 15.9 Å². The van der Waals surface area contributed by atoms with Crippen LogP contribution in [0.15, 0.2) is 28.7 Å². The van der Waals surface area contributed by atoms with Crippen LogP contribution in [0.2, 0.25) is 0 Å². The first-order valence-corrected chi connectivity index (χ1v) is 8.74. The third-order valence-electron chi connectivity index (χ3n) is 4.57. The molecule has 2 nitrogen and oxygen atoms in total. The number of hydrogen-bond donors (Lipinski definition) is 1. The molecule has 0 spiro atoms. The molecule has 0 radical (unpaired) electrons. The Hall–Kier alpha value is -0.380. The molecule has 1 aliphatic carbocycles. The summed E-state index contributed by atoms with van der Waals surface area (Å²) in [4.78, 5) is 2.69.